The first-order valence-corrected chi connectivity index (χ1v) is 23.0. The summed E-state index contributed by atoms with van der Waals surface area (Å²) in [4.78, 5) is 12.1. The van der Waals surface area contributed by atoms with Gasteiger partial charge in [0.2, 0.25) is 0 Å². The van der Waals surface area contributed by atoms with Crippen LogP contribution in [0.3, 0.4) is 0 Å². The Balaban J connectivity index is 0.000000309. The number of hydrogen-bond donors (Lipinski definition) is 4. The summed E-state index contributed by atoms with van der Waals surface area (Å²) in [6, 6.07) is 30.0. The minimum absolute atomic E-state index is 0.0124. The molecule has 1 amide bonds. The maximum Gasteiger partial charge on any atom is 0.461 e. The maximum atomic E-state index is 14.7. The van der Waals surface area contributed by atoms with E-state index in [-0.39, 0.29) is 59.1 Å². The molecule has 0 heterocycles. The number of carbonyl (C=O) groups is 1. The largest absolute Gasteiger partial charge is 0.461 e. The fourth-order valence-corrected chi connectivity index (χ4v) is 7.22. The Bertz CT molecular complexity index is 2780. The molecule has 74 heavy (non-hydrogen) atoms. The molecule has 0 fully saturated rings. The summed E-state index contributed by atoms with van der Waals surface area (Å²) in [5, 5.41) is 2.64. The van der Waals surface area contributed by atoms with E-state index >= 15 is 0 Å². The molecule has 0 aliphatic rings. The topological polar surface area (TPSA) is 135 Å². The highest BCUT2D eigenvalue weighted by molar-refractivity contribution is 6.40. The molecule has 0 aromatic heterocycles. The average molecular weight is 1090 g/mol. The minimum Gasteiger partial charge on any atom is -0.444 e. The molecule has 0 unspecified atom stereocenters. The first-order valence-electron chi connectivity index (χ1n) is 21.9. The van der Waals surface area contributed by atoms with E-state index in [1.54, 1.807) is 81.4 Å². The molecule has 400 valence electrons. The zero-order valence-corrected chi connectivity index (χ0v) is 41.1. The molecule has 6 aromatic carbocycles. The van der Waals surface area contributed by atoms with E-state index < -0.39 is 82.6 Å². The number of alkyl carbamates (subject to hydrolysis) is 1. The van der Waals surface area contributed by atoms with E-state index in [2.05, 4.69) is 14.8 Å². The smallest absolute Gasteiger partial charge is 0.444 e. The predicted octanol–water partition coefficient (Wildman–Crippen LogP) is 13.2. The lowest BCUT2D eigenvalue weighted by atomic mass is 9.78. The number of benzene rings is 6. The third-order valence-corrected chi connectivity index (χ3v) is 10.6. The summed E-state index contributed by atoms with van der Waals surface area (Å²) < 4.78 is 176. The van der Waals surface area contributed by atoms with Gasteiger partial charge >= 0.3 is 31.2 Å². The molecule has 0 bridgehead atoms. The lowest BCUT2D eigenvalue weighted by Gasteiger charge is -2.32. The van der Waals surface area contributed by atoms with Crippen molar-refractivity contribution in [2.45, 2.75) is 88.4 Å². The van der Waals surface area contributed by atoms with E-state index in [4.69, 9.17) is 45.1 Å². The lowest BCUT2D eigenvalue weighted by molar-refractivity contribution is -0.253. The monoisotopic (exact) mass is 1090 g/mol. The Kier molecular flexibility index (Phi) is 21.1. The SMILES string of the molecule is CC(C)(C)OC(=O)NCc1cc([C@](N)(Cc2ccccc2)c2cc(F)cc(OC(F)(F)C(F)F)c2)ccc1F.ClCCl.NCc1cc([C@](N)(Cc2ccccc2)c2cc(F)cc(OC(F)(F)C(F)F)c2)ccc1F. The second-order valence-electron chi connectivity index (χ2n) is 17.3. The van der Waals surface area contributed by atoms with Crippen molar-refractivity contribution in [1.29, 1.82) is 0 Å². The average Bonchev–Trinajstić information content (AvgIpc) is 3.31. The molecule has 22 heteroatoms. The first kappa shape index (κ1) is 60.4. The molecule has 8 nitrogen and oxygen atoms in total. The van der Waals surface area contributed by atoms with E-state index in [1.807, 2.05) is 0 Å². The number of carbonyl (C=O) groups excluding carboxylic acids is 1. The highest BCUT2D eigenvalue weighted by Crippen LogP contribution is 2.39. The van der Waals surface area contributed by atoms with Gasteiger partial charge in [0.25, 0.3) is 0 Å². The number of amides is 1. The van der Waals surface area contributed by atoms with Gasteiger partial charge in [-0.05, 0) is 116 Å². The third-order valence-electron chi connectivity index (χ3n) is 10.6. The van der Waals surface area contributed by atoms with Gasteiger partial charge in [0.15, 0.2) is 0 Å². The molecule has 6 rings (SSSR count). The van der Waals surface area contributed by atoms with Crippen molar-refractivity contribution in [1.82, 2.24) is 5.32 Å². The standard InChI is InChI=1S/C28H28F6N2O3.C23H20F6N2O.CH2Cl2/c1-26(2,3)39-25(37)36-16-18-11-19(9-10-23(18)30)27(35,15-17-7-5-4-6-8-17)20-12-21(29)14-22(13-20)38-28(33,34)24(31)32;24-18-9-17(10-19(11-18)32-23(28,29)21(26)27)22(31,12-14-4-2-1-3-5-14)16-6-7-20(25)15(8-16)13-30;2-1-3/h4-14,24H,15-16,35H2,1-3H3,(H,36,37);1-11,21H,12-13,30-31H2;1H2/t27-;22-;/m11./s1. The van der Waals surface area contributed by atoms with Crippen LogP contribution in [-0.2, 0) is 41.7 Å². The predicted molar refractivity (Wildman–Crippen MR) is 257 cm³/mol. The van der Waals surface area contributed by atoms with Crippen molar-refractivity contribution in [2.24, 2.45) is 17.2 Å². The van der Waals surface area contributed by atoms with E-state index in [0.29, 0.717) is 28.8 Å². The van der Waals surface area contributed by atoms with Crippen LogP contribution in [0.5, 0.6) is 11.5 Å². The van der Waals surface area contributed by atoms with Crippen LogP contribution >= 0.6 is 23.2 Å². The van der Waals surface area contributed by atoms with Gasteiger partial charge in [-0.1, -0.05) is 72.8 Å². The summed E-state index contributed by atoms with van der Waals surface area (Å²) >= 11 is 9.53. The van der Waals surface area contributed by atoms with Gasteiger partial charge in [0.1, 0.15) is 40.4 Å². The van der Waals surface area contributed by atoms with Crippen LogP contribution < -0.4 is 32.0 Å². The summed E-state index contributed by atoms with van der Waals surface area (Å²) in [6.07, 6.45) is -18.7. The molecule has 0 saturated carbocycles. The van der Waals surface area contributed by atoms with Gasteiger partial charge < -0.3 is 36.7 Å². The van der Waals surface area contributed by atoms with Gasteiger partial charge in [-0.3, -0.25) is 0 Å². The molecule has 2 atom stereocenters. The zero-order chi connectivity index (χ0) is 55.2. The molecule has 7 N–H and O–H groups in total. The number of hydrogen-bond acceptors (Lipinski definition) is 7. The Labute approximate surface area is 428 Å². The van der Waals surface area contributed by atoms with Crippen LogP contribution in [0.2, 0.25) is 0 Å². The number of rotatable bonds is 17. The quantitative estimate of drug-likeness (QED) is 0.0528. The number of halogens is 14. The van der Waals surface area contributed by atoms with Crippen molar-refractivity contribution in [2.75, 3.05) is 5.34 Å². The van der Waals surface area contributed by atoms with Gasteiger partial charge in [0, 0.05) is 36.3 Å². The second kappa shape index (κ2) is 25.8. The number of ether oxygens (including phenoxy) is 3. The maximum absolute atomic E-state index is 14.7. The fourth-order valence-electron chi connectivity index (χ4n) is 7.22. The molecule has 0 saturated heterocycles. The van der Waals surface area contributed by atoms with Gasteiger partial charge in [-0.2, -0.15) is 35.1 Å². The summed E-state index contributed by atoms with van der Waals surface area (Å²) in [5.74, 6) is -5.03. The van der Waals surface area contributed by atoms with Crippen LogP contribution in [0.4, 0.5) is 57.5 Å². The van der Waals surface area contributed by atoms with Crippen LogP contribution in [0.1, 0.15) is 65.3 Å². The van der Waals surface area contributed by atoms with Crippen LogP contribution in [0, 0.1) is 23.3 Å². The van der Waals surface area contributed by atoms with Crippen molar-refractivity contribution in [3.8, 4) is 11.5 Å². The van der Waals surface area contributed by atoms with Gasteiger partial charge in [-0.15, -0.1) is 23.2 Å². The molecule has 0 radical (unpaired) electrons. The van der Waals surface area contributed by atoms with Crippen molar-refractivity contribution in [3.05, 3.63) is 201 Å². The normalized spacial score (nSPS) is 13.4. The van der Waals surface area contributed by atoms with Gasteiger partial charge in [-0.25, -0.2) is 22.4 Å². The minimum atomic E-state index is -4.88. The zero-order valence-electron chi connectivity index (χ0n) is 39.5. The molecular weight excluding hydrogens is 1040 g/mol. The summed E-state index contributed by atoms with van der Waals surface area (Å²) in [5.41, 5.74) is 17.0. The van der Waals surface area contributed by atoms with Crippen LogP contribution in [-0.4, -0.2) is 42.1 Å². The molecule has 0 spiro atoms. The Hall–Kier alpha value is -6.19. The van der Waals surface area contributed by atoms with Crippen molar-refractivity contribution in [3.63, 3.8) is 0 Å². The first-order chi connectivity index (χ1) is 34.5. The van der Waals surface area contributed by atoms with Crippen LogP contribution in [0.25, 0.3) is 0 Å². The van der Waals surface area contributed by atoms with E-state index in [0.717, 1.165) is 36.4 Å². The van der Waals surface area contributed by atoms with Crippen molar-refractivity contribution >= 4 is 29.3 Å². The number of nitrogens with two attached hydrogens (primary N) is 3. The molecule has 6 aromatic rings. The van der Waals surface area contributed by atoms with E-state index in [1.165, 1.54) is 24.3 Å². The number of nitrogens with one attached hydrogen (secondary N) is 1. The number of alkyl halides is 10. The second-order valence-corrected chi connectivity index (χ2v) is 18.1. The van der Waals surface area contributed by atoms with Gasteiger partial charge in [0.05, 0.1) is 16.4 Å². The highest BCUT2D eigenvalue weighted by Gasteiger charge is 2.45. The van der Waals surface area contributed by atoms with Crippen molar-refractivity contribution < 1.29 is 71.7 Å². The van der Waals surface area contributed by atoms with Crippen LogP contribution in [0.15, 0.2) is 133 Å². The lowest BCUT2D eigenvalue weighted by Crippen LogP contribution is -2.41. The molecule has 0 aliphatic heterocycles. The van der Waals surface area contributed by atoms with E-state index in [9.17, 15) is 57.5 Å². The Morgan fingerprint density at radius 3 is 1.31 bits per heavy atom. The Morgan fingerprint density at radius 2 is 0.946 bits per heavy atom. The summed E-state index contributed by atoms with van der Waals surface area (Å²) in [7, 11) is 0. The summed E-state index contributed by atoms with van der Waals surface area (Å²) in [6.45, 7) is 4.56. The molecular formula is C52H50Cl2F12N4O4. The highest BCUT2D eigenvalue weighted by atomic mass is 35.5. The molecule has 0 aliphatic carbocycles. The third kappa shape index (κ3) is 16.9. The fraction of sp³-hybridized carbons (Fsp3) is 0.288. The Morgan fingerprint density at radius 1 is 0.568 bits per heavy atom.